The van der Waals surface area contributed by atoms with E-state index in [1.54, 1.807) is 0 Å². The van der Waals surface area contributed by atoms with E-state index in [-0.39, 0.29) is 31.1 Å². The Morgan fingerprint density at radius 3 is 2.74 bits per heavy atom. The Morgan fingerprint density at radius 1 is 1.30 bits per heavy atom. The fourth-order valence-electron chi connectivity index (χ4n) is 4.86. The number of aliphatic hydroxyl groups excluding tert-OH is 1. The maximum absolute atomic E-state index is 11.4. The maximum atomic E-state index is 11.4. The second-order valence-electron chi connectivity index (χ2n) is 7.55. The van der Waals surface area contributed by atoms with Crippen molar-refractivity contribution in [1.29, 1.82) is 0 Å². The summed E-state index contributed by atoms with van der Waals surface area (Å²) in [7, 11) is 0. The first-order valence-corrected chi connectivity index (χ1v) is 10.6. The number of hydrogen-bond donors (Lipinski definition) is 2. The molecule has 2 nitrogen and oxygen atoms in total. The van der Waals surface area contributed by atoms with Gasteiger partial charge in [0.05, 0.1) is 0 Å². The summed E-state index contributed by atoms with van der Waals surface area (Å²) in [4.78, 5) is 0.175. The van der Waals surface area contributed by atoms with Crippen LogP contribution in [-0.2, 0) is 0 Å². The van der Waals surface area contributed by atoms with Crippen molar-refractivity contribution in [3.8, 4) is 0 Å². The predicted octanol–water partition coefficient (Wildman–Crippen LogP) is 3.07. The van der Waals surface area contributed by atoms with Crippen molar-refractivity contribution in [3.05, 3.63) is 43.0 Å². The van der Waals surface area contributed by atoms with Crippen LogP contribution >= 0.6 is 0 Å². The molecule has 3 rings (SSSR count). The van der Waals surface area contributed by atoms with E-state index in [0.717, 1.165) is 32.1 Å². The second kappa shape index (κ2) is 6.72. The Morgan fingerprint density at radius 2 is 2.04 bits per heavy atom. The monoisotopic (exact) mass is 380 g/mol. The molecule has 5 atom stereocenters. The third kappa shape index (κ3) is 3.17. The molecule has 0 aromatic heterocycles. The molecule has 1 aromatic carbocycles. The Balaban J connectivity index is 1.90. The van der Waals surface area contributed by atoms with Gasteiger partial charge in [0.2, 0.25) is 0 Å². The topological polar surface area (TPSA) is 40.5 Å². The summed E-state index contributed by atoms with van der Waals surface area (Å²) in [6.07, 6.45) is 7.29. The van der Waals surface area contributed by atoms with Gasteiger partial charge in [0.25, 0.3) is 0 Å². The molecule has 0 spiro atoms. The minimum absolute atomic E-state index is 0.0529. The van der Waals surface area contributed by atoms with Gasteiger partial charge in [-0.3, -0.25) is 0 Å². The number of fused-ring (bicyclic) bond motifs is 1. The molecule has 0 radical (unpaired) electrons. The number of benzene rings is 1. The van der Waals surface area contributed by atoms with Crippen LogP contribution < -0.4 is 4.46 Å². The molecule has 0 saturated heterocycles. The quantitative estimate of drug-likeness (QED) is 0.624. The normalized spacial score (nSPS) is 40.4. The average molecular weight is 379 g/mol. The standard InChI is InChI=1S/C20H28O2Se/c1-3-12-19(2)14-16(23-15-9-5-4-6-10-15)18(21)20(22)13-8-7-11-17(19)20/h3-6,9-10,16-18,21-22H,1,7-8,11-14H2,2H3/t16-,17-,18+,19+,20-/m0/s1. The van der Waals surface area contributed by atoms with Crippen LogP contribution in [-0.4, -0.2) is 36.9 Å². The Kier molecular flexibility index (Phi) is 5.04. The van der Waals surface area contributed by atoms with E-state index in [1.807, 2.05) is 12.1 Å². The summed E-state index contributed by atoms with van der Waals surface area (Å²) >= 11 is 0.182. The summed E-state index contributed by atoms with van der Waals surface area (Å²) in [5.41, 5.74) is -0.854. The third-order valence-electron chi connectivity index (χ3n) is 5.94. The van der Waals surface area contributed by atoms with Crippen molar-refractivity contribution in [2.75, 3.05) is 0 Å². The van der Waals surface area contributed by atoms with Crippen molar-refractivity contribution in [3.63, 3.8) is 0 Å². The molecule has 0 amide bonds. The fourth-order valence-corrected chi connectivity index (χ4v) is 7.99. The van der Waals surface area contributed by atoms with Crippen LogP contribution in [0.25, 0.3) is 0 Å². The summed E-state index contributed by atoms with van der Waals surface area (Å²) in [6, 6.07) is 10.5. The van der Waals surface area contributed by atoms with Crippen LogP contribution in [0.3, 0.4) is 0 Å². The molecule has 23 heavy (non-hydrogen) atoms. The van der Waals surface area contributed by atoms with Gasteiger partial charge in [-0.05, 0) is 0 Å². The van der Waals surface area contributed by atoms with Gasteiger partial charge in [-0.2, -0.15) is 0 Å². The summed E-state index contributed by atoms with van der Waals surface area (Å²) < 4.78 is 1.31. The molecule has 3 heteroatoms. The zero-order chi connectivity index (χ0) is 16.5. The van der Waals surface area contributed by atoms with E-state index in [4.69, 9.17) is 0 Å². The molecule has 0 aliphatic heterocycles. The van der Waals surface area contributed by atoms with E-state index in [2.05, 4.69) is 37.8 Å². The summed E-state index contributed by atoms with van der Waals surface area (Å²) in [5, 5.41) is 22.4. The van der Waals surface area contributed by atoms with E-state index in [9.17, 15) is 10.2 Å². The average Bonchev–Trinajstić information content (AvgIpc) is 2.54. The van der Waals surface area contributed by atoms with E-state index < -0.39 is 11.7 Å². The van der Waals surface area contributed by atoms with Crippen molar-refractivity contribution in [1.82, 2.24) is 0 Å². The Labute approximate surface area is 146 Å². The van der Waals surface area contributed by atoms with Gasteiger partial charge < -0.3 is 0 Å². The minimum atomic E-state index is -0.907. The SMILES string of the molecule is C=CC[C@]1(C)C[C@H]([Se]c2ccccc2)[C@@H](O)[C@]2(O)CCCC[C@@H]12. The van der Waals surface area contributed by atoms with Crippen LogP contribution in [0.5, 0.6) is 0 Å². The molecule has 2 aliphatic rings. The number of rotatable bonds is 4. The van der Waals surface area contributed by atoms with Gasteiger partial charge in [-0.15, -0.1) is 0 Å². The van der Waals surface area contributed by atoms with Gasteiger partial charge in [0.1, 0.15) is 0 Å². The molecule has 0 heterocycles. The number of allylic oxidation sites excluding steroid dienone is 1. The Hall–Kier alpha value is -0.601. The molecular weight excluding hydrogens is 351 g/mol. The van der Waals surface area contributed by atoms with Gasteiger partial charge in [-0.1, -0.05) is 0 Å². The fraction of sp³-hybridized carbons (Fsp3) is 0.600. The van der Waals surface area contributed by atoms with Gasteiger partial charge in [0, 0.05) is 0 Å². The molecule has 1 aromatic rings. The summed E-state index contributed by atoms with van der Waals surface area (Å²) in [5.74, 6) is 0.194. The van der Waals surface area contributed by atoms with E-state index in [1.165, 1.54) is 10.9 Å². The Bertz CT molecular complexity index is 546. The second-order valence-corrected chi connectivity index (χ2v) is 10.3. The molecule has 0 unspecified atom stereocenters. The molecule has 2 N–H and O–H groups in total. The third-order valence-corrected chi connectivity index (χ3v) is 8.61. The molecule has 2 aliphatic carbocycles. The van der Waals surface area contributed by atoms with E-state index in [0.29, 0.717) is 0 Å². The predicted molar refractivity (Wildman–Crippen MR) is 96.0 cm³/mol. The van der Waals surface area contributed by atoms with Crippen molar-refractivity contribution >= 4 is 19.4 Å². The van der Waals surface area contributed by atoms with Crippen LogP contribution in [0.1, 0.15) is 45.4 Å². The zero-order valence-corrected chi connectivity index (χ0v) is 15.7. The zero-order valence-electron chi connectivity index (χ0n) is 13.9. The molecule has 126 valence electrons. The van der Waals surface area contributed by atoms with Gasteiger partial charge in [-0.25, -0.2) is 0 Å². The number of aliphatic hydroxyl groups is 2. The van der Waals surface area contributed by atoms with Crippen LogP contribution in [0.2, 0.25) is 4.82 Å². The van der Waals surface area contributed by atoms with Crippen molar-refractivity contribution in [2.24, 2.45) is 11.3 Å². The van der Waals surface area contributed by atoms with Crippen LogP contribution in [0, 0.1) is 11.3 Å². The first-order chi connectivity index (χ1) is 11.0. The molecule has 0 bridgehead atoms. The number of hydrogen-bond acceptors (Lipinski definition) is 2. The summed E-state index contributed by atoms with van der Waals surface area (Å²) in [6.45, 7) is 6.25. The molecular formula is C20H28O2Se. The first-order valence-electron chi connectivity index (χ1n) is 8.73. The van der Waals surface area contributed by atoms with Crippen molar-refractivity contribution < 1.29 is 10.2 Å². The van der Waals surface area contributed by atoms with E-state index >= 15 is 0 Å². The van der Waals surface area contributed by atoms with Crippen LogP contribution in [0.15, 0.2) is 43.0 Å². The molecule has 2 fully saturated rings. The molecule has 2 saturated carbocycles. The first kappa shape index (κ1) is 17.2. The van der Waals surface area contributed by atoms with Gasteiger partial charge >= 0.3 is 146 Å². The van der Waals surface area contributed by atoms with Crippen molar-refractivity contribution in [2.45, 2.75) is 62.0 Å². The van der Waals surface area contributed by atoms with Gasteiger partial charge in [0.15, 0.2) is 0 Å². The van der Waals surface area contributed by atoms with Crippen LogP contribution in [0.4, 0.5) is 0 Å².